The quantitative estimate of drug-likeness (QED) is 0.704. The first-order valence-corrected chi connectivity index (χ1v) is 5.94. The Balaban J connectivity index is 2.61. The summed E-state index contributed by atoms with van der Waals surface area (Å²) < 4.78 is 0. The van der Waals surface area contributed by atoms with Crippen LogP contribution in [0.2, 0.25) is 5.02 Å². The third-order valence-corrected chi connectivity index (χ3v) is 2.75. The van der Waals surface area contributed by atoms with Gasteiger partial charge in [0.25, 0.3) is 5.91 Å². The summed E-state index contributed by atoms with van der Waals surface area (Å²) in [5.41, 5.74) is 6.29. The lowest BCUT2D eigenvalue weighted by molar-refractivity contribution is 0.0911. The van der Waals surface area contributed by atoms with Crippen LogP contribution in [0.4, 0.5) is 5.69 Å². The second-order valence-electron chi connectivity index (χ2n) is 3.85. The first-order chi connectivity index (χ1) is 8.06. The van der Waals surface area contributed by atoms with Crippen molar-refractivity contribution in [3.8, 4) is 0 Å². The van der Waals surface area contributed by atoms with E-state index in [4.69, 9.17) is 17.3 Å². The standard InChI is InChI=1S/C12H17ClN2O2/c1-2-4-8(16)7-15-12(17)9-5-3-6-10(13)11(9)14/h3,5-6,8,16H,2,4,7,14H2,1H3,(H,15,17). The van der Waals surface area contributed by atoms with Crippen molar-refractivity contribution in [3.63, 3.8) is 0 Å². The molecule has 4 N–H and O–H groups in total. The molecular weight excluding hydrogens is 240 g/mol. The number of halogens is 1. The molecule has 94 valence electrons. The summed E-state index contributed by atoms with van der Waals surface area (Å²) in [6.45, 7) is 2.19. The van der Waals surface area contributed by atoms with Gasteiger partial charge in [-0.25, -0.2) is 0 Å². The number of para-hydroxylation sites is 1. The maximum Gasteiger partial charge on any atom is 0.253 e. The largest absolute Gasteiger partial charge is 0.397 e. The molecule has 0 spiro atoms. The molecule has 1 aromatic rings. The van der Waals surface area contributed by atoms with Gasteiger partial charge in [0, 0.05) is 6.54 Å². The fourth-order valence-electron chi connectivity index (χ4n) is 1.48. The highest BCUT2D eigenvalue weighted by molar-refractivity contribution is 6.33. The Hall–Kier alpha value is -1.26. The highest BCUT2D eigenvalue weighted by atomic mass is 35.5. The molecule has 5 heteroatoms. The number of rotatable bonds is 5. The van der Waals surface area contributed by atoms with Gasteiger partial charge in [-0.15, -0.1) is 0 Å². The molecule has 0 saturated heterocycles. The van der Waals surface area contributed by atoms with E-state index in [0.29, 0.717) is 17.0 Å². The molecule has 1 unspecified atom stereocenters. The number of hydrogen-bond acceptors (Lipinski definition) is 3. The predicted molar refractivity (Wildman–Crippen MR) is 69.1 cm³/mol. The van der Waals surface area contributed by atoms with Crippen LogP contribution in [0.25, 0.3) is 0 Å². The van der Waals surface area contributed by atoms with Crippen molar-refractivity contribution in [2.45, 2.75) is 25.9 Å². The first-order valence-electron chi connectivity index (χ1n) is 5.56. The minimum absolute atomic E-state index is 0.221. The van der Waals surface area contributed by atoms with E-state index >= 15 is 0 Å². The number of nitrogen functional groups attached to an aromatic ring is 1. The van der Waals surface area contributed by atoms with E-state index in [1.54, 1.807) is 18.2 Å². The fourth-order valence-corrected chi connectivity index (χ4v) is 1.65. The lowest BCUT2D eigenvalue weighted by atomic mass is 10.1. The van der Waals surface area contributed by atoms with Gasteiger partial charge in [0.15, 0.2) is 0 Å². The molecule has 17 heavy (non-hydrogen) atoms. The molecule has 0 heterocycles. The zero-order chi connectivity index (χ0) is 12.8. The van der Waals surface area contributed by atoms with E-state index in [-0.39, 0.29) is 18.1 Å². The van der Waals surface area contributed by atoms with E-state index in [2.05, 4.69) is 5.32 Å². The summed E-state index contributed by atoms with van der Waals surface area (Å²) in [4.78, 5) is 11.8. The van der Waals surface area contributed by atoms with E-state index < -0.39 is 6.10 Å². The second kappa shape index (κ2) is 6.47. The number of aliphatic hydroxyl groups is 1. The fraction of sp³-hybridized carbons (Fsp3) is 0.417. The Kier molecular flexibility index (Phi) is 5.25. The van der Waals surface area contributed by atoms with Crippen molar-refractivity contribution >= 4 is 23.2 Å². The van der Waals surface area contributed by atoms with Gasteiger partial charge < -0.3 is 16.2 Å². The molecule has 1 atom stereocenters. The number of aliphatic hydroxyl groups excluding tert-OH is 1. The lowest BCUT2D eigenvalue weighted by Crippen LogP contribution is -2.32. The number of benzene rings is 1. The first kappa shape index (κ1) is 13.8. The Morgan fingerprint density at radius 2 is 2.29 bits per heavy atom. The van der Waals surface area contributed by atoms with Gasteiger partial charge in [-0.2, -0.15) is 0 Å². The van der Waals surface area contributed by atoms with Gasteiger partial charge in [0.05, 0.1) is 22.4 Å². The monoisotopic (exact) mass is 256 g/mol. The zero-order valence-electron chi connectivity index (χ0n) is 9.74. The van der Waals surface area contributed by atoms with E-state index in [9.17, 15) is 9.90 Å². The van der Waals surface area contributed by atoms with Crippen LogP contribution < -0.4 is 11.1 Å². The molecule has 1 amide bonds. The zero-order valence-corrected chi connectivity index (χ0v) is 10.5. The Morgan fingerprint density at radius 1 is 1.59 bits per heavy atom. The summed E-state index contributed by atoms with van der Waals surface area (Å²) in [5, 5.41) is 12.5. The number of amides is 1. The van der Waals surface area contributed by atoms with Crippen LogP contribution in [0.15, 0.2) is 18.2 Å². The maximum atomic E-state index is 11.8. The number of carbonyl (C=O) groups is 1. The molecule has 1 rings (SSSR count). The molecule has 0 aromatic heterocycles. The summed E-state index contributed by atoms with van der Waals surface area (Å²) in [7, 11) is 0. The van der Waals surface area contributed by atoms with Crippen LogP contribution in [0, 0.1) is 0 Å². The van der Waals surface area contributed by atoms with Crippen molar-refractivity contribution < 1.29 is 9.90 Å². The highest BCUT2D eigenvalue weighted by Crippen LogP contribution is 2.22. The number of nitrogens with one attached hydrogen (secondary N) is 1. The van der Waals surface area contributed by atoms with E-state index in [1.807, 2.05) is 6.92 Å². The van der Waals surface area contributed by atoms with Crippen LogP contribution in [-0.4, -0.2) is 23.7 Å². The minimum atomic E-state index is -0.524. The molecule has 0 aliphatic carbocycles. The number of nitrogens with two attached hydrogens (primary N) is 1. The van der Waals surface area contributed by atoms with E-state index in [1.165, 1.54) is 0 Å². The van der Waals surface area contributed by atoms with Crippen LogP contribution in [0.5, 0.6) is 0 Å². The summed E-state index contributed by atoms with van der Waals surface area (Å²) >= 11 is 5.82. The van der Waals surface area contributed by atoms with Crippen LogP contribution in [0.1, 0.15) is 30.1 Å². The smallest absolute Gasteiger partial charge is 0.253 e. The molecule has 0 saturated carbocycles. The summed E-state index contributed by atoms with van der Waals surface area (Å²) in [6.07, 6.45) is 1.01. The molecule has 4 nitrogen and oxygen atoms in total. The van der Waals surface area contributed by atoms with Gasteiger partial charge in [-0.05, 0) is 18.6 Å². The SMILES string of the molecule is CCCC(O)CNC(=O)c1cccc(Cl)c1N. The van der Waals surface area contributed by atoms with Gasteiger partial charge in [-0.1, -0.05) is 31.0 Å². The van der Waals surface area contributed by atoms with Gasteiger partial charge in [0.1, 0.15) is 0 Å². The normalized spacial score (nSPS) is 12.2. The van der Waals surface area contributed by atoms with Crippen LogP contribution in [0.3, 0.4) is 0 Å². The Bertz CT molecular complexity index is 396. The molecule has 1 aromatic carbocycles. The Morgan fingerprint density at radius 3 is 2.94 bits per heavy atom. The van der Waals surface area contributed by atoms with E-state index in [0.717, 1.165) is 6.42 Å². The molecule has 0 radical (unpaired) electrons. The molecule has 0 aliphatic heterocycles. The van der Waals surface area contributed by atoms with Gasteiger partial charge in [0.2, 0.25) is 0 Å². The third-order valence-electron chi connectivity index (χ3n) is 2.42. The number of hydrogen-bond donors (Lipinski definition) is 3. The number of carbonyl (C=O) groups excluding carboxylic acids is 1. The topological polar surface area (TPSA) is 75.3 Å². The maximum absolute atomic E-state index is 11.8. The van der Waals surface area contributed by atoms with Crippen molar-refractivity contribution in [2.75, 3.05) is 12.3 Å². The van der Waals surface area contributed by atoms with Crippen molar-refractivity contribution in [1.82, 2.24) is 5.32 Å². The molecule has 0 fully saturated rings. The molecular formula is C12H17ClN2O2. The van der Waals surface area contributed by atoms with Gasteiger partial charge >= 0.3 is 0 Å². The average molecular weight is 257 g/mol. The van der Waals surface area contributed by atoms with Crippen molar-refractivity contribution in [3.05, 3.63) is 28.8 Å². The van der Waals surface area contributed by atoms with Crippen LogP contribution >= 0.6 is 11.6 Å². The van der Waals surface area contributed by atoms with Crippen molar-refractivity contribution in [2.24, 2.45) is 0 Å². The summed E-state index contributed by atoms with van der Waals surface area (Å²) in [5.74, 6) is -0.319. The average Bonchev–Trinajstić information content (AvgIpc) is 2.30. The number of anilines is 1. The Labute approximate surface area is 106 Å². The second-order valence-corrected chi connectivity index (χ2v) is 4.26. The lowest BCUT2D eigenvalue weighted by Gasteiger charge is -2.12. The molecule has 0 aliphatic rings. The summed E-state index contributed by atoms with van der Waals surface area (Å²) in [6, 6.07) is 4.89. The minimum Gasteiger partial charge on any atom is -0.397 e. The highest BCUT2D eigenvalue weighted by Gasteiger charge is 2.12. The third kappa shape index (κ3) is 3.91. The van der Waals surface area contributed by atoms with Crippen molar-refractivity contribution in [1.29, 1.82) is 0 Å². The van der Waals surface area contributed by atoms with Crippen LogP contribution in [-0.2, 0) is 0 Å². The van der Waals surface area contributed by atoms with Gasteiger partial charge in [-0.3, -0.25) is 4.79 Å². The molecule has 0 bridgehead atoms. The predicted octanol–water partition coefficient (Wildman–Crippen LogP) is 1.81.